The van der Waals surface area contributed by atoms with E-state index < -0.39 is 0 Å². The zero-order chi connectivity index (χ0) is 11.2. The van der Waals surface area contributed by atoms with Crippen LogP contribution < -0.4 is 0 Å². The number of rotatable bonds is 0. The van der Waals surface area contributed by atoms with Gasteiger partial charge in [0.2, 0.25) is 0 Å². The van der Waals surface area contributed by atoms with Gasteiger partial charge < -0.3 is 4.57 Å². The molecule has 3 nitrogen and oxygen atoms in total. The van der Waals surface area contributed by atoms with Gasteiger partial charge in [-0.25, -0.2) is 4.98 Å². The molecule has 0 N–H and O–H groups in total. The highest BCUT2D eigenvalue weighted by Gasteiger charge is 2.21. The highest BCUT2D eigenvalue weighted by Crippen LogP contribution is 2.28. The minimum atomic E-state index is 0.0488. The Hall–Kier alpha value is -0.900. The summed E-state index contributed by atoms with van der Waals surface area (Å²) in [6, 6.07) is 0. The van der Waals surface area contributed by atoms with E-state index in [0.29, 0.717) is 0 Å². The molecular formula is C11H14BrN3. The van der Waals surface area contributed by atoms with Crippen LogP contribution in [0.25, 0.3) is 11.0 Å². The Kier molecular flexibility index (Phi) is 2.34. The molecule has 0 aliphatic rings. The van der Waals surface area contributed by atoms with Crippen LogP contribution in [0.3, 0.4) is 0 Å². The molecule has 0 atom stereocenters. The molecule has 0 aliphatic heterocycles. The molecule has 0 unspecified atom stereocenters. The van der Waals surface area contributed by atoms with Gasteiger partial charge in [-0.3, -0.25) is 4.98 Å². The van der Waals surface area contributed by atoms with Crippen molar-refractivity contribution in [3.63, 3.8) is 0 Å². The van der Waals surface area contributed by atoms with Gasteiger partial charge in [-0.15, -0.1) is 0 Å². The minimum absolute atomic E-state index is 0.0488. The lowest BCUT2D eigenvalue weighted by atomic mass is 9.96. The SMILES string of the molecule is Cn1c(C(C)(C)C)nc2cncc(Br)c21. The second-order valence-electron chi connectivity index (χ2n) is 4.73. The van der Waals surface area contributed by atoms with E-state index in [-0.39, 0.29) is 5.41 Å². The van der Waals surface area contributed by atoms with E-state index in [9.17, 15) is 0 Å². The highest BCUT2D eigenvalue weighted by atomic mass is 79.9. The third-order valence-corrected chi connectivity index (χ3v) is 2.98. The van der Waals surface area contributed by atoms with Crippen LogP contribution in [0.15, 0.2) is 16.9 Å². The Morgan fingerprint density at radius 3 is 2.47 bits per heavy atom. The Morgan fingerprint density at radius 2 is 1.93 bits per heavy atom. The predicted molar refractivity (Wildman–Crippen MR) is 64.9 cm³/mol. The average Bonchev–Trinajstić information content (AvgIpc) is 2.44. The van der Waals surface area contributed by atoms with Crippen LogP contribution in [0.4, 0.5) is 0 Å². The van der Waals surface area contributed by atoms with Crippen molar-refractivity contribution in [2.45, 2.75) is 26.2 Å². The summed E-state index contributed by atoms with van der Waals surface area (Å²) in [6.07, 6.45) is 3.60. The van der Waals surface area contributed by atoms with E-state index in [2.05, 4.69) is 51.2 Å². The Bertz CT molecular complexity index is 508. The number of imidazole rings is 1. The first-order valence-electron chi connectivity index (χ1n) is 4.87. The van der Waals surface area contributed by atoms with E-state index in [1.54, 1.807) is 12.4 Å². The second-order valence-corrected chi connectivity index (χ2v) is 5.59. The Morgan fingerprint density at radius 1 is 1.27 bits per heavy atom. The molecule has 2 heterocycles. The molecule has 4 heteroatoms. The van der Waals surface area contributed by atoms with E-state index >= 15 is 0 Å². The molecule has 0 bridgehead atoms. The molecule has 0 radical (unpaired) electrons. The molecule has 0 aromatic carbocycles. The second kappa shape index (κ2) is 3.30. The largest absolute Gasteiger partial charge is 0.330 e. The first-order chi connectivity index (χ1) is 6.91. The van der Waals surface area contributed by atoms with Crippen molar-refractivity contribution in [1.82, 2.24) is 14.5 Å². The number of hydrogen-bond donors (Lipinski definition) is 0. The van der Waals surface area contributed by atoms with Gasteiger partial charge in [0, 0.05) is 18.7 Å². The summed E-state index contributed by atoms with van der Waals surface area (Å²) in [5, 5.41) is 0. The van der Waals surface area contributed by atoms with Gasteiger partial charge in [-0.1, -0.05) is 20.8 Å². The molecular weight excluding hydrogens is 254 g/mol. The van der Waals surface area contributed by atoms with Crippen LogP contribution in [0.1, 0.15) is 26.6 Å². The predicted octanol–water partition coefficient (Wildman–Crippen LogP) is 3.03. The van der Waals surface area contributed by atoms with Gasteiger partial charge in [-0.05, 0) is 15.9 Å². The summed E-state index contributed by atoms with van der Waals surface area (Å²) >= 11 is 3.50. The van der Waals surface area contributed by atoms with E-state index in [1.807, 2.05) is 7.05 Å². The highest BCUT2D eigenvalue weighted by molar-refractivity contribution is 9.10. The number of aromatic nitrogens is 3. The van der Waals surface area contributed by atoms with Crippen molar-refractivity contribution in [1.29, 1.82) is 0 Å². The number of pyridine rings is 1. The van der Waals surface area contributed by atoms with Crippen LogP contribution >= 0.6 is 15.9 Å². The summed E-state index contributed by atoms with van der Waals surface area (Å²) in [7, 11) is 2.04. The maximum atomic E-state index is 4.61. The monoisotopic (exact) mass is 267 g/mol. The topological polar surface area (TPSA) is 30.7 Å². The van der Waals surface area contributed by atoms with Crippen molar-refractivity contribution in [2.75, 3.05) is 0 Å². The first-order valence-corrected chi connectivity index (χ1v) is 5.67. The zero-order valence-electron chi connectivity index (χ0n) is 9.37. The molecule has 0 aliphatic carbocycles. The number of aryl methyl sites for hydroxylation is 1. The summed E-state index contributed by atoms with van der Waals surface area (Å²) < 4.78 is 3.12. The Balaban J connectivity index is 2.82. The van der Waals surface area contributed by atoms with E-state index in [4.69, 9.17) is 0 Å². The molecule has 15 heavy (non-hydrogen) atoms. The summed E-state index contributed by atoms with van der Waals surface area (Å²) in [4.78, 5) is 8.74. The normalized spacial score (nSPS) is 12.3. The molecule has 0 saturated heterocycles. The molecule has 2 aromatic heterocycles. The first kappa shape index (κ1) is 10.6. The van der Waals surface area contributed by atoms with Crippen LogP contribution in [-0.2, 0) is 12.5 Å². The molecule has 0 saturated carbocycles. The molecule has 0 spiro atoms. The van der Waals surface area contributed by atoms with Crippen molar-refractivity contribution in [3.8, 4) is 0 Å². The lowest BCUT2D eigenvalue weighted by Crippen LogP contribution is -2.17. The summed E-state index contributed by atoms with van der Waals surface area (Å²) in [6.45, 7) is 6.49. The van der Waals surface area contributed by atoms with Crippen LogP contribution in [-0.4, -0.2) is 14.5 Å². The maximum absolute atomic E-state index is 4.61. The minimum Gasteiger partial charge on any atom is -0.330 e. The van der Waals surface area contributed by atoms with Crippen LogP contribution in [0.2, 0.25) is 0 Å². The van der Waals surface area contributed by atoms with Gasteiger partial charge in [0.05, 0.1) is 16.2 Å². The summed E-state index contributed by atoms with van der Waals surface area (Å²) in [5.74, 6) is 1.08. The van der Waals surface area contributed by atoms with Gasteiger partial charge in [-0.2, -0.15) is 0 Å². The fourth-order valence-electron chi connectivity index (χ4n) is 1.80. The van der Waals surface area contributed by atoms with Crippen molar-refractivity contribution < 1.29 is 0 Å². The standard InChI is InChI=1S/C11H14BrN3/c1-11(2,3)10-14-8-6-13-5-7(12)9(8)15(10)4/h5-6H,1-4H3. The Labute approximate surface area is 97.7 Å². The van der Waals surface area contributed by atoms with Gasteiger partial charge in [0.15, 0.2) is 0 Å². The number of hydrogen-bond acceptors (Lipinski definition) is 2. The fourth-order valence-corrected chi connectivity index (χ4v) is 2.38. The molecule has 0 fully saturated rings. The molecule has 80 valence electrons. The van der Waals surface area contributed by atoms with Crippen molar-refractivity contribution in [2.24, 2.45) is 7.05 Å². The zero-order valence-corrected chi connectivity index (χ0v) is 11.0. The third kappa shape index (κ3) is 1.67. The number of fused-ring (bicyclic) bond motifs is 1. The maximum Gasteiger partial charge on any atom is 0.115 e. The third-order valence-electron chi connectivity index (χ3n) is 2.40. The van der Waals surface area contributed by atoms with Gasteiger partial charge in [0.1, 0.15) is 11.3 Å². The summed E-state index contributed by atoms with van der Waals surface area (Å²) in [5.41, 5.74) is 2.10. The van der Waals surface area contributed by atoms with Crippen LogP contribution in [0, 0.1) is 0 Å². The average molecular weight is 268 g/mol. The van der Waals surface area contributed by atoms with E-state index in [1.165, 1.54) is 0 Å². The molecule has 2 rings (SSSR count). The van der Waals surface area contributed by atoms with Gasteiger partial charge >= 0.3 is 0 Å². The quantitative estimate of drug-likeness (QED) is 0.735. The molecule has 2 aromatic rings. The van der Waals surface area contributed by atoms with E-state index in [0.717, 1.165) is 21.3 Å². The number of halogens is 1. The lowest BCUT2D eigenvalue weighted by Gasteiger charge is -2.17. The molecule has 0 amide bonds. The van der Waals surface area contributed by atoms with Crippen molar-refractivity contribution >= 4 is 27.0 Å². The van der Waals surface area contributed by atoms with Crippen LogP contribution in [0.5, 0.6) is 0 Å². The lowest BCUT2D eigenvalue weighted by molar-refractivity contribution is 0.526. The number of nitrogens with zero attached hydrogens (tertiary/aromatic N) is 3. The smallest absolute Gasteiger partial charge is 0.115 e. The van der Waals surface area contributed by atoms with Crippen molar-refractivity contribution in [3.05, 3.63) is 22.7 Å². The van der Waals surface area contributed by atoms with Gasteiger partial charge in [0.25, 0.3) is 0 Å². The fraction of sp³-hybridized carbons (Fsp3) is 0.455.